The molecular weight excluding hydrogens is 282 g/mol. The summed E-state index contributed by atoms with van der Waals surface area (Å²) in [7, 11) is 0. The van der Waals surface area contributed by atoms with Gasteiger partial charge in [0.15, 0.2) is 0 Å². The van der Waals surface area contributed by atoms with E-state index in [9.17, 15) is 0 Å². The fourth-order valence-corrected chi connectivity index (χ4v) is 2.58. The van der Waals surface area contributed by atoms with E-state index >= 15 is 0 Å². The summed E-state index contributed by atoms with van der Waals surface area (Å²) in [5, 5.41) is 4.30. The maximum atomic E-state index is 6.24. The number of rotatable bonds is 6. The lowest BCUT2D eigenvalue weighted by Gasteiger charge is -2.21. The highest BCUT2D eigenvalue weighted by molar-refractivity contribution is 6.30. The minimum absolute atomic E-state index is 0.0201. The Balaban J connectivity index is 1.77. The lowest BCUT2D eigenvalue weighted by Crippen LogP contribution is -2.26. The van der Waals surface area contributed by atoms with Crippen molar-refractivity contribution >= 4 is 11.6 Å². The summed E-state index contributed by atoms with van der Waals surface area (Å²) in [6.45, 7) is 2.86. The molecule has 21 heavy (non-hydrogen) atoms. The molecule has 0 bridgehead atoms. The Kier molecular flexibility index (Phi) is 4.47. The maximum absolute atomic E-state index is 6.24. The smallest absolute Gasteiger partial charge is 0.136 e. The van der Waals surface area contributed by atoms with Crippen LogP contribution in [0.15, 0.2) is 48.5 Å². The molecule has 0 aliphatic heterocycles. The molecule has 1 aliphatic carbocycles. The highest BCUT2D eigenvalue weighted by atomic mass is 35.5. The van der Waals surface area contributed by atoms with E-state index in [1.165, 1.54) is 18.4 Å². The number of nitrogens with one attached hydrogen (secondary N) is 1. The van der Waals surface area contributed by atoms with Crippen LogP contribution in [-0.4, -0.2) is 12.6 Å². The van der Waals surface area contributed by atoms with Crippen molar-refractivity contribution in [1.29, 1.82) is 0 Å². The Hall–Kier alpha value is -1.51. The molecule has 1 unspecified atom stereocenters. The lowest BCUT2D eigenvalue weighted by atomic mass is 10.1. The van der Waals surface area contributed by atoms with Crippen LogP contribution in [0.4, 0.5) is 0 Å². The first-order valence-electron chi connectivity index (χ1n) is 7.43. The fourth-order valence-electron chi connectivity index (χ4n) is 2.35. The Bertz CT molecular complexity index is 595. The summed E-state index contributed by atoms with van der Waals surface area (Å²) in [6, 6.07) is 16.8. The molecule has 2 aromatic carbocycles. The van der Waals surface area contributed by atoms with Gasteiger partial charge < -0.3 is 10.1 Å². The molecule has 0 spiro atoms. The number of hydrogen-bond acceptors (Lipinski definition) is 2. The second-order valence-electron chi connectivity index (χ2n) is 5.61. The van der Waals surface area contributed by atoms with E-state index in [4.69, 9.17) is 16.3 Å². The van der Waals surface area contributed by atoms with Crippen LogP contribution in [0.25, 0.3) is 0 Å². The zero-order chi connectivity index (χ0) is 14.7. The highest BCUT2D eigenvalue weighted by Crippen LogP contribution is 2.28. The first kappa shape index (κ1) is 14.4. The first-order valence-corrected chi connectivity index (χ1v) is 7.81. The third kappa shape index (κ3) is 3.99. The zero-order valence-electron chi connectivity index (χ0n) is 12.2. The second-order valence-corrected chi connectivity index (χ2v) is 6.05. The molecule has 0 heterocycles. The molecule has 110 valence electrons. The van der Waals surface area contributed by atoms with Crippen molar-refractivity contribution in [2.24, 2.45) is 0 Å². The summed E-state index contributed by atoms with van der Waals surface area (Å²) in [4.78, 5) is 0. The van der Waals surface area contributed by atoms with Crippen molar-refractivity contribution in [3.05, 3.63) is 64.7 Å². The molecule has 0 amide bonds. The molecule has 1 fully saturated rings. The van der Waals surface area contributed by atoms with Gasteiger partial charge >= 0.3 is 0 Å². The Morgan fingerprint density at radius 3 is 2.62 bits per heavy atom. The topological polar surface area (TPSA) is 21.3 Å². The van der Waals surface area contributed by atoms with Gasteiger partial charge in [-0.2, -0.15) is 0 Å². The Morgan fingerprint density at radius 2 is 1.95 bits per heavy atom. The van der Waals surface area contributed by atoms with E-state index in [1.807, 2.05) is 31.2 Å². The molecule has 1 N–H and O–H groups in total. The van der Waals surface area contributed by atoms with Crippen molar-refractivity contribution in [3.8, 4) is 5.75 Å². The molecule has 1 aliphatic rings. The number of halogens is 1. The van der Waals surface area contributed by atoms with Gasteiger partial charge in [-0.1, -0.05) is 41.9 Å². The molecule has 2 aromatic rings. The standard InChI is InChI=1S/C18H20ClNO/c1-13-11-15(19)7-10-17(13)21-18(12-20-16-8-9-16)14-5-3-2-4-6-14/h2-7,10-11,16,18,20H,8-9,12H2,1H3. The third-order valence-electron chi connectivity index (χ3n) is 3.75. The van der Waals surface area contributed by atoms with Gasteiger partial charge in [0.1, 0.15) is 11.9 Å². The van der Waals surface area contributed by atoms with Crippen LogP contribution < -0.4 is 10.1 Å². The monoisotopic (exact) mass is 301 g/mol. The first-order chi connectivity index (χ1) is 10.2. The van der Waals surface area contributed by atoms with Gasteiger partial charge in [-0.25, -0.2) is 0 Å². The number of aryl methyl sites for hydroxylation is 1. The minimum atomic E-state index is 0.0201. The van der Waals surface area contributed by atoms with Crippen LogP contribution in [-0.2, 0) is 0 Å². The van der Waals surface area contributed by atoms with E-state index in [0.29, 0.717) is 6.04 Å². The minimum Gasteiger partial charge on any atom is -0.484 e. The van der Waals surface area contributed by atoms with Gasteiger partial charge in [0.05, 0.1) is 0 Å². The second kappa shape index (κ2) is 6.50. The maximum Gasteiger partial charge on any atom is 0.136 e. The van der Waals surface area contributed by atoms with E-state index in [-0.39, 0.29) is 6.10 Å². The van der Waals surface area contributed by atoms with Crippen molar-refractivity contribution in [2.75, 3.05) is 6.54 Å². The zero-order valence-corrected chi connectivity index (χ0v) is 12.9. The van der Waals surface area contributed by atoms with E-state index in [1.54, 1.807) is 0 Å². The van der Waals surface area contributed by atoms with Gasteiger partial charge in [0.2, 0.25) is 0 Å². The number of ether oxygens (including phenoxy) is 1. The van der Waals surface area contributed by atoms with E-state index in [2.05, 4.69) is 29.6 Å². The molecule has 1 saturated carbocycles. The predicted octanol–water partition coefficient (Wildman–Crippen LogP) is 4.52. The van der Waals surface area contributed by atoms with Gasteiger partial charge in [-0.05, 0) is 49.1 Å². The molecule has 3 heteroatoms. The van der Waals surface area contributed by atoms with Gasteiger partial charge in [0.25, 0.3) is 0 Å². The van der Waals surface area contributed by atoms with Crippen molar-refractivity contribution in [3.63, 3.8) is 0 Å². The van der Waals surface area contributed by atoms with Crippen molar-refractivity contribution in [1.82, 2.24) is 5.32 Å². The van der Waals surface area contributed by atoms with Crippen LogP contribution in [0.5, 0.6) is 5.75 Å². The van der Waals surface area contributed by atoms with Crippen molar-refractivity contribution < 1.29 is 4.74 Å². The molecule has 0 radical (unpaired) electrons. The van der Waals surface area contributed by atoms with E-state index < -0.39 is 0 Å². The van der Waals surface area contributed by atoms with E-state index in [0.717, 1.165) is 22.9 Å². The summed E-state index contributed by atoms with van der Waals surface area (Å²) in [5.74, 6) is 0.894. The van der Waals surface area contributed by atoms with Gasteiger partial charge in [-0.3, -0.25) is 0 Å². The van der Waals surface area contributed by atoms with Crippen LogP contribution in [0.1, 0.15) is 30.1 Å². The van der Waals surface area contributed by atoms with Crippen LogP contribution in [0.2, 0.25) is 5.02 Å². The number of benzene rings is 2. The van der Waals surface area contributed by atoms with Crippen molar-refractivity contribution in [2.45, 2.75) is 31.9 Å². The summed E-state index contributed by atoms with van der Waals surface area (Å²) < 4.78 is 6.24. The Morgan fingerprint density at radius 1 is 1.19 bits per heavy atom. The lowest BCUT2D eigenvalue weighted by molar-refractivity contribution is 0.200. The number of hydrogen-bond donors (Lipinski definition) is 1. The molecule has 0 saturated heterocycles. The highest BCUT2D eigenvalue weighted by Gasteiger charge is 2.23. The molecule has 3 rings (SSSR count). The normalized spacial score (nSPS) is 15.7. The van der Waals surface area contributed by atoms with Crippen LogP contribution in [0.3, 0.4) is 0 Å². The summed E-state index contributed by atoms with van der Waals surface area (Å²) >= 11 is 6.01. The average Bonchev–Trinajstić information content (AvgIpc) is 3.31. The molecule has 2 nitrogen and oxygen atoms in total. The Labute approximate surface area is 131 Å². The average molecular weight is 302 g/mol. The van der Waals surface area contributed by atoms with Crippen LogP contribution in [0, 0.1) is 6.92 Å². The van der Waals surface area contributed by atoms with Crippen LogP contribution >= 0.6 is 11.6 Å². The third-order valence-corrected chi connectivity index (χ3v) is 3.98. The molecule has 0 aromatic heterocycles. The molecular formula is C18H20ClNO. The van der Waals surface area contributed by atoms with Gasteiger partial charge in [-0.15, -0.1) is 0 Å². The summed E-state index contributed by atoms with van der Waals surface area (Å²) in [5.41, 5.74) is 2.26. The largest absolute Gasteiger partial charge is 0.484 e. The predicted molar refractivity (Wildman–Crippen MR) is 87.0 cm³/mol. The SMILES string of the molecule is Cc1cc(Cl)ccc1OC(CNC1CC1)c1ccccc1. The quantitative estimate of drug-likeness (QED) is 0.847. The fraction of sp³-hybridized carbons (Fsp3) is 0.333. The molecule has 1 atom stereocenters. The van der Waals surface area contributed by atoms with Gasteiger partial charge in [0, 0.05) is 17.6 Å². The summed E-state index contributed by atoms with van der Waals surface area (Å²) in [6.07, 6.45) is 2.58.